The first-order valence-electron chi connectivity index (χ1n) is 14.8. The van der Waals surface area contributed by atoms with Gasteiger partial charge in [0, 0.05) is 20.2 Å². The van der Waals surface area contributed by atoms with Gasteiger partial charge >= 0.3 is 0 Å². The highest BCUT2D eigenvalue weighted by Gasteiger charge is 2.19. The summed E-state index contributed by atoms with van der Waals surface area (Å²) in [5, 5.41) is 2.71. The lowest BCUT2D eigenvalue weighted by atomic mass is 9.83. The lowest BCUT2D eigenvalue weighted by Crippen LogP contribution is -2.07. The Labute approximate surface area is 253 Å². The lowest BCUT2D eigenvalue weighted by Gasteiger charge is -2.21. The van der Waals surface area contributed by atoms with Gasteiger partial charge in [-0.1, -0.05) is 122 Å². The molecule has 1 heteroatoms. The van der Waals surface area contributed by atoms with Gasteiger partial charge in [0.15, 0.2) is 0 Å². The summed E-state index contributed by atoms with van der Waals surface area (Å²) in [7, 11) is 0. The molecule has 0 fully saturated rings. The zero-order valence-corrected chi connectivity index (χ0v) is 25.0. The maximum absolute atomic E-state index is 4.42. The fourth-order valence-electron chi connectivity index (χ4n) is 6.62. The maximum atomic E-state index is 4.42. The number of thiophene rings is 1. The summed E-state index contributed by atoms with van der Waals surface area (Å²) in [6.45, 7) is 8.94. The van der Waals surface area contributed by atoms with Crippen molar-refractivity contribution in [3.63, 3.8) is 0 Å². The van der Waals surface area contributed by atoms with E-state index in [9.17, 15) is 0 Å². The Balaban J connectivity index is 1.21. The molecule has 6 aromatic rings. The van der Waals surface area contributed by atoms with Crippen LogP contribution in [0.25, 0.3) is 48.0 Å². The molecule has 5 aromatic carbocycles. The summed E-state index contributed by atoms with van der Waals surface area (Å²) in [6, 6.07) is 40.0. The van der Waals surface area contributed by atoms with E-state index in [0.29, 0.717) is 5.92 Å². The van der Waals surface area contributed by atoms with Crippen LogP contribution in [0.1, 0.15) is 28.7 Å². The molecule has 0 nitrogen and oxygen atoms in total. The quantitative estimate of drug-likeness (QED) is 0.191. The van der Waals surface area contributed by atoms with Crippen LogP contribution in [0.4, 0.5) is 0 Å². The van der Waals surface area contributed by atoms with Crippen LogP contribution in [0.2, 0.25) is 0 Å². The van der Waals surface area contributed by atoms with Crippen LogP contribution in [0.5, 0.6) is 0 Å². The summed E-state index contributed by atoms with van der Waals surface area (Å²) < 4.78 is 2.69. The van der Waals surface area contributed by atoms with Crippen LogP contribution >= 0.6 is 11.3 Å². The van der Waals surface area contributed by atoms with Gasteiger partial charge in [-0.05, 0) is 100 Å². The van der Waals surface area contributed by atoms with Gasteiger partial charge in [-0.3, -0.25) is 0 Å². The third-order valence-electron chi connectivity index (χ3n) is 8.70. The standard InChI is InChI=1S/C41H34S/c1-27-12-9-18-35(36-19-11-21-39-41(36)37-17-7-8-20-38(37)42-39)40(27)34-23-22-31(24-28(34)2)25-30-13-10-16-33(26-30)29(3)32-14-5-4-6-15-32/h4-24,30H,3,25-26H2,1-2H3. The largest absolute Gasteiger partial charge is 0.135 e. The van der Waals surface area contributed by atoms with Gasteiger partial charge in [-0.25, -0.2) is 0 Å². The lowest BCUT2D eigenvalue weighted by molar-refractivity contribution is 0.641. The van der Waals surface area contributed by atoms with Gasteiger partial charge in [0.2, 0.25) is 0 Å². The third-order valence-corrected chi connectivity index (χ3v) is 9.83. The van der Waals surface area contributed by atoms with Gasteiger partial charge in [0.05, 0.1) is 0 Å². The molecule has 42 heavy (non-hydrogen) atoms. The molecule has 1 aromatic heterocycles. The normalized spacial score (nSPS) is 14.8. The molecule has 1 atom stereocenters. The maximum Gasteiger partial charge on any atom is 0.0361 e. The molecule has 0 saturated carbocycles. The number of benzene rings is 5. The minimum absolute atomic E-state index is 0.467. The van der Waals surface area contributed by atoms with E-state index >= 15 is 0 Å². The van der Waals surface area contributed by atoms with E-state index in [2.05, 4.69) is 148 Å². The second-order valence-electron chi connectivity index (χ2n) is 11.5. The first-order valence-corrected chi connectivity index (χ1v) is 15.6. The SMILES string of the molecule is C=C(C1=CC=CC(Cc2ccc(-c3c(C)cccc3-c3cccc4sc5ccccc5c34)c(C)c2)C1)c1ccccc1. The van der Waals surface area contributed by atoms with Crippen molar-refractivity contribution in [2.75, 3.05) is 0 Å². The van der Waals surface area contributed by atoms with Crippen molar-refractivity contribution in [3.05, 3.63) is 162 Å². The molecule has 0 bridgehead atoms. The number of rotatable bonds is 6. The molecule has 1 unspecified atom stereocenters. The van der Waals surface area contributed by atoms with E-state index < -0.39 is 0 Å². The number of aryl methyl sites for hydroxylation is 2. The third kappa shape index (κ3) is 4.85. The molecule has 0 amide bonds. The summed E-state index contributed by atoms with van der Waals surface area (Å²) >= 11 is 1.88. The van der Waals surface area contributed by atoms with Gasteiger partial charge in [0.1, 0.15) is 0 Å². The average Bonchev–Trinajstić information content (AvgIpc) is 3.41. The molecule has 204 valence electrons. The van der Waals surface area contributed by atoms with Crippen molar-refractivity contribution in [2.24, 2.45) is 5.92 Å². The van der Waals surface area contributed by atoms with Gasteiger partial charge in [-0.2, -0.15) is 0 Å². The number of allylic oxidation sites excluding steroid dienone is 5. The van der Waals surface area contributed by atoms with Gasteiger partial charge < -0.3 is 0 Å². The summed E-state index contributed by atoms with van der Waals surface area (Å²) in [5.41, 5.74) is 13.0. The van der Waals surface area contributed by atoms with Crippen molar-refractivity contribution in [1.29, 1.82) is 0 Å². The minimum atomic E-state index is 0.467. The minimum Gasteiger partial charge on any atom is -0.135 e. The van der Waals surface area contributed by atoms with E-state index in [1.165, 1.54) is 70.3 Å². The molecule has 0 saturated heterocycles. The Hall–Kier alpha value is -4.46. The Kier molecular flexibility index (Phi) is 6.98. The molecule has 7 rings (SSSR count). The van der Waals surface area contributed by atoms with E-state index in [0.717, 1.165) is 18.4 Å². The zero-order valence-electron chi connectivity index (χ0n) is 24.2. The topological polar surface area (TPSA) is 0 Å². The van der Waals surface area contributed by atoms with Crippen LogP contribution in [-0.4, -0.2) is 0 Å². The summed E-state index contributed by atoms with van der Waals surface area (Å²) in [5.74, 6) is 0.467. The average molecular weight is 559 g/mol. The Bertz CT molecular complexity index is 2020. The predicted octanol–water partition coefficient (Wildman–Crippen LogP) is 11.8. The van der Waals surface area contributed by atoms with E-state index in [1.54, 1.807) is 0 Å². The highest BCUT2D eigenvalue weighted by Crippen LogP contribution is 2.44. The fraction of sp³-hybridized carbons (Fsp3) is 0.122. The molecular weight excluding hydrogens is 525 g/mol. The van der Waals surface area contributed by atoms with Crippen molar-refractivity contribution in [2.45, 2.75) is 26.7 Å². The molecule has 0 aliphatic heterocycles. The zero-order chi connectivity index (χ0) is 28.6. The van der Waals surface area contributed by atoms with Crippen LogP contribution < -0.4 is 0 Å². The van der Waals surface area contributed by atoms with Crippen molar-refractivity contribution >= 4 is 37.1 Å². The summed E-state index contributed by atoms with van der Waals surface area (Å²) in [6.07, 6.45) is 8.85. The molecule has 1 aliphatic rings. The predicted molar refractivity (Wildman–Crippen MR) is 184 cm³/mol. The second kappa shape index (κ2) is 11.1. The van der Waals surface area contributed by atoms with Gasteiger partial charge in [-0.15, -0.1) is 11.3 Å². The number of hydrogen-bond donors (Lipinski definition) is 0. The van der Waals surface area contributed by atoms with Crippen LogP contribution in [0.3, 0.4) is 0 Å². The van der Waals surface area contributed by atoms with E-state index in [1.807, 2.05) is 11.3 Å². The molecule has 1 aliphatic carbocycles. The molecule has 1 heterocycles. The molecule has 0 spiro atoms. The van der Waals surface area contributed by atoms with Crippen LogP contribution in [0.15, 0.2) is 140 Å². The smallest absolute Gasteiger partial charge is 0.0361 e. The molecule has 0 radical (unpaired) electrons. The summed E-state index contributed by atoms with van der Waals surface area (Å²) in [4.78, 5) is 0. The Morgan fingerprint density at radius 2 is 1.50 bits per heavy atom. The monoisotopic (exact) mass is 558 g/mol. The number of fused-ring (bicyclic) bond motifs is 3. The van der Waals surface area contributed by atoms with Crippen molar-refractivity contribution < 1.29 is 0 Å². The fourth-order valence-corrected chi connectivity index (χ4v) is 7.75. The van der Waals surface area contributed by atoms with E-state index in [4.69, 9.17) is 0 Å². The van der Waals surface area contributed by atoms with E-state index in [-0.39, 0.29) is 0 Å². The van der Waals surface area contributed by atoms with Crippen LogP contribution in [-0.2, 0) is 6.42 Å². The van der Waals surface area contributed by atoms with Crippen molar-refractivity contribution in [1.82, 2.24) is 0 Å². The molecule has 0 N–H and O–H groups in total. The molecular formula is C41H34S. The Morgan fingerprint density at radius 3 is 2.36 bits per heavy atom. The highest BCUT2D eigenvalue weighted by molar-refractivity contribution is 7.25. The second-order valence-corrected chi connectivity index (χ2v) is 12.6. The Morgan fingerprint density at radius 1 is 0.738 bits per heavy atom. The number of hydrogen-bond acceptors (Lipinski definition) is 1. The highest BCUT2D eigenvalue weighted by atomic mass is 32.1. The van der Waals surface area contributed by atoms with Gasteiger partial charge in [0.25, 0.3) is 0 Å². The van der Waals surface area contributed by atoms with Crippen molar-refractivity contribution in [3.8, 4) is 22.3 Å². The first kappa shape index (κ1) is 26.4. The van der Waals surface area contributed by atoms with Crippen LogP contribution in [0, 0.1) is 19.8 Å². The first-order chi connectivity index (χ1) is 20.6.